The number of hydrogen-bond acceptors (Lipinski definition) is 5. The second kappa shape index (κ2) is 10.2. The Morgan fingerprint density at radius 3 is 2.66 bits per heavy atom. The van der Waals surface area contributed by atoms with E-state index >= 15 is 0 Å². The number of anilines is 1. The Hall–Kier alpha value is -2.12. The average molecular weight is 475 g/mol. The van der Waals surface area contributed by atoms with Crippen LogP contribution in [0.25, 0.3) is 0 Å². The van der Waals surface area contributed by atoms with Crippen LogP contribution in [-0.2, 0) is 4.79 Å². The molecule has 2 atom stereocenters. The van der Waals surface area contributed by atoms with Crippen LogP contribution in [0.2, 0.25) is 5.02 Å². The highest BCUT2D eigenvalue weighted by Gasteiger charge is 2.31. The number of nitrogens with one attached hydrogen (secondary N) is 2. The van der Waals surface area contributed by atoms with Crippen molar-refractivity contribution >= 4 is 40.4 Å². The molecule has 0 aliphatic heterocycles. The molecule has 2 amide bonds. The topological polar surface area (TPSA) is 74.3 Å². The Labute approximate surface area is 198 Å². The van der Waals surface area contributed by atoms with Gasteiger partial charge in [-0.25, -0.2) is 0 Å². The van der Waals surface area contributed by atoms with Crippen LogP contribution >= 0.6 is 22.9 Å². The van der Waals surface area contributed by atoms with Crippen LogP contribution in [-0.4, -0.2) is 35.9 Å². The summed E-state index contributed by atoms with van der Waals surface area (Å²) >= 11 is 7.54. The maximum absolute atomic E-state index is 13.0. The number of pyridine rings is 1. The van der Waals surface area contributed by atoms with Crippen molar-refractivity contribution in [2.75, 3.05) is 11.9 Å². The Bertz CT molecular complexity index is 955. The van der Waals surface area contributed by atoms with Crippen molar-refractivity contribution in [3.8, 4) is 0 Å². The highest BCUT2D eigenvalue weighted by Crippen LogP contribution is 2.32. The lowest BCUT2D eigenvalue weighted by Gasteiger charge is -2.26. The molecule has 172 valence electrons. The van der Waals surface area contributed by atoms with Crippen LogP contribution in [0.4, 0.5) is 5.69 Å². The zero-order valence-electron chi connectivity index (χ0n) is 18.6. The van der Waals surface area contributed by atoms with E-state index in [1.807, 2.05) is 25.2 Å². The van der Waals surface area contributed by atoms with E-state index < -0.39 is 6.04 Å². The van der Waals surface area contributed by atoms with E-state index in [9.17, 15) is 9.59 Å². The summed E-state index contributed by atoms with van der Waals surface area (Å²) in [5, 5.41) is 6.69. The molecule has 32 heavy (non-hydrogen) atoms. The fraction of sp³-hybridized carbons (Fsp3) is 0.542. The SMILES string of the molecule is CC(c1ccc(C(=O)NC(CC2CCCC2)C(=O)NC2CC2)s1)N(C)c1cncc(Cl)c1. The van der Waals surface area contributed by atoms with Gasteiger partial charge in [0.1, 0.15) is 6.04 Å². The second-order valence-electron chi connectivity index (χ2n) is 9.05. The van der Waals surface area contributed by atoms with Crippen molar-refractivity contribution in [3.63, 3.8) is 0 Å². The summed E-state index contributed by atoms with van der Waals surface area (Å²) in [4.78, 5) is 33.8. The first-order chi connectivity index (χ1) is 15.4. The lowest BCUT2D eigenvalue weighted by molar-refractivity contribution is -0.123. The van der Waals surface area contributed by atoms with Crippen LogP contribution < -0.4 is 15.5 Å². The Balaban J connectivity index is 1.42. The number of nitrogens with zero attached hydrogens (tertiary/aromatic N) is 2. The summed E-state index contributed by atoms with van der Waals surface area (Å²) in [6.45, 7) is 2.08. The van der Waals surface area contributed by atoms with Gasteiger partial charge < -0.3 is 15.5 Å². The first-order valence-corrected chi connectivity index (χ1v) is 12.6. The third kappa shape index (κ3) is 5.81. The minimum Gasteiger partial charge on any atom is -0.366 e. The maximum Gasteiger partial charge on any atom is 0.262 e. The van der Waals surface area contributed by atoms with Crippen molar-refractivity contribution in [1.82, 2.24) is 15.6 Å². The second-order valence-corrected chi connectivity index (χ2v) is 10.6. The van der Waals surface area contributed by atoms with Gasteiger partial charge in [-0.3, -0.25) is 14.6 Å². The van der Waals surface area contributed by atoms with Gasteiger partial charge in [0.25, 0.3) is 5.91 Å². The fourth-order valence-corrected chi connectivity index (χ4v) is 5.45. The molecule has 0 bridgehead atoms. The third-order valence-electron chi connectivity index (χ3n) is 6.53. The fourth-order valence-electron chi connectivity index (χ4n) is 4.28. The Morgan fingerprint density at radius 1 is 1.22 bits per heavy atom. The Kier molecular flexibility index (Phi) is 7.36. The number of carbonyl (C=O) groups is 2. The molecular formula is C24H31ClN4O2S. The van der Waals surface area contributed by atoms with Gasteiger partial charge in [-0.15, -0.1) is 11.3 Å². The quantitative estimate of drug-likeness (QED) is 0.539. The summed E-state index contributed by atoms with van der Waals surface area (Å²) in [5.74, 6) is 0.310. The summed E-state index contributed by atoms with van der Waals surface area (Å²) in [7, 11) is 1.98. The molecule has 2 aliphatic carbocycles. The molecule has 6 nitrogen and oxygen atoms in total. The number of halogens is 1. The molecule has 2 unspecified atom stereocenters. The highest BCUT2D eigenvalue weighted by molar-refractivity contribution is 7.14. The van der Waals surface area contributed by atoms with Gasteiger partial charge in [-0.2, -0.15) is 0 Å². The molecule has 2 heterocycles. The number of hydrogen-bond donors (Lipinski definition) is 2. The van der Waals surface area contributed by atoms with Gasteiger partial charge in [-0.05, 0) is 50.3 Å². The largest absolute Gasteiger partial charge is 0.366 e. The van der Waals surface area contributed by atoms with E-state index in [0.717, 1.165) is 42.7 Å². The number of amides is 2. The number of thiophene rings is 1. The van der Waals surface area contributed by atoms with Gasteiger partial charge in [0.15, 0.2) is 0 Å². The first-order valence-electron chi connectivity index (χ1n) is 11.4. The zero-order chi connectivity index (χ0) is 22.7. The molecule has 2 aromatic heterocycles. The van der Waals surface area contributed by atoms with Gasteiger partial charge in [0.2, 0.25) is 5.91 Å². The van der Waals surface area contributed by atoms with Crippen LogP contribution in [0.15, 0.2) is 30.6 Å². The maximum atomic E-state index is 13.0. The van der Waals surface area contributed by atoms with Crippen molar-refractivity contribution in [2.24, 2.45) is 5.92 Å². The van der Waals surface area contributed by atoms with Crippen LogP contribution in [0.3, 0.4) is 0 Å². The van der Waals surface area contributed by atoms with Crippen LogP contribution in [0.1, 0.15) is 72.5 Å². The lowest BCUT2D eigenvalue weighted by Crippen LogP contribution is -2.48. The van der Waals surface area contributed by atoms with Gasteiger partial charge in [0.05, 0.1) is 27.8 Å². The van der Waals surface area contributed by atoms with Gasteiger partial charge in [-0.1, -0.05) is 37.3 Å². The van der Waals surface area contributed by atoms with E-state index in [2.05, 4.69) is 27.4 Å². The summed E-state index contributed by atoms with van der Waals surface area (Å²) in [6.07, 6.45) is 10.9. The van der Waals surface area contributed by atoms with Crippen molar-refractivity contribution < 1.29 is 9.59 Å². The van der Waals surface area contributed by atoms with Gasteiger partial charge in [0, 0.05) is 24.2 Å². The smallest absolute Gasteiger partial charge is 0.262 e. The average Bonchev–Trinajstić information content (AvgIpc) is 3.24. The Morgan fingerprint density at radius 2 is 1.97 bits per heavy atom. The molecule has 2 N–H and O–H groups in total. The monoisotopic (exact) mass is 474 g/mol. The molecular weight excluding hydrogens is 444 g/mol. The van der Waals surface area contributed by atoms with E-state index in [4.69, 9.17) is 11.6 Å². The molecule has 0 radical (unpaired) electrons. The minimum absolute atomic E-state index is 0.0360. The molecule has 4 rings (SSSR count). The zero-order valence-corrected chi connectivity index (χ0v) is 20.2. The molecule has 2 saturated carbocycles. The molecule has 8 heteroatoms. The lowest BCUT2D eigenvalue weighted by atomic mass is 9.97. The molecule has 2 aromatic rings. The predicted molar refractivity (Wildman–Crippen MR) is 129 cm³/mol. The molecule has 0 saturated heterocycles. The first kappa shape index (κ1) is 23.1. The van der Waals surface area contributed by atoms with E-state index in [0.29, 0.717) is 15.8 Å². The standard InChI is InChI=1S/C24H31ClN4O2S/c1-15(29(2)19-12-17(25)13-26-14-19)21-9-10-22(32-21)24(31)28-20(11-16-5-3-4-6-16)23(30)27-18-7-8-18/h9-10,12-16,18,20H,3-8,11H2,1-2H3,(H,27,30)(H,28,31). The summed E-state index contributed by atoms with van der Waals surface area (Å²) < 4.78 is 0. The van der Waals surface area contributed by atoms with E-state index in [1.165, 1.54) is 24.2 Å². The van der Waals surface area contributed by atoms with Crippen LogP contribution in [0, 0.1) is 5.92 Å². The summed E-state index contributed by atoms with van der Waals surface area (Å²) in [6, 6.07) is 5.58. The van der Waals surface area contributed by atoms with E-state index in [-0.39, 0.29) is 23.9 Å². The number of rotatable bonds is 9. The molecule has 0 spiro atoms. The highest BCUT2D eigenvalue weighted by atomic mass is 35.5. The predicted octanol–water partition coefficient (Wildman–Crippen LogP) is 4.95. The van der Waals surface area contributed by atoms with Crippen LogP contribution in [0.5, 0.6) is 0 Å². The number of aromatic nitrogens is 1. The van der Waals surface area contributed by atoms with E-state index in [1.54, 1.807) is 12.4 Å². The van der Waals surface area contributed by atoms with Crippen molar-refractivity contribution in [2.45, 2.75) is 70.0 Å². The van der Waals surface area contributed by atoms with Crippen molar-refractivity contribution in [3.05, 3.63) is 45.4 Å². The number of carbonyl (C=O) groups excluding carboxylic acids is 2. The third-order valence-corrected chi connectivity index (χ3v) is 7.99. The normalized spacial score (nSPS) is 18.2. The molecule has 2 aliphatic rings. The molecule has 2 fully saturated rings. The van der Waals surface area contributed by atoms with Crippen molar-refractivity contribution in [1.29, 1.82) is 0 Å². The van der Waals surface area contributed by atoms with Gasteiger partial charge >= 0.3 is 0 Å². The summed E-state index contributed by atoms with van der Waals surface area (Å²) in [5.41, 5.74) is 0.915. The molecule has 0 aromatic carbocycles. The minimum atomic E-state index is -0.464.